The molecule has 2 atom stereocenters. The van der Waals surface area contributed by atoms with E-state index in [-0.39, 0.29) is 0 Å². The van der Waals surface area contributed by atoms with E-state index in [0.717, 1.165) is 31.4 Å². The molecule has 1 aromatic rings. The van der Waals surface area contributed by atoms with E-state index in [1.165, 1.54) is 24.1 Å². The van der Waals surface area contributed by atoms with Crippen LogP contribution in [0.3, 0.4) is 0 Å². The molecule has 96 valence electrons. The minimum absolute atomic E-state index is 0.470. The first-order chi connectivity index (χ1) is 8.22. The predicted molar refractivity (Wildman–Crippen MR) is 65.1 cm³/mol. The van der Waals surface area contributed by atoms with Gasteiger partial charge < -0.3 is 5.73 Å². The second kappa shape index (κ2) is 5.55. The number of aromatic nitrogens is 4. The van der Waals surface area contributed by atoms with Crippen LogP contribution in [0.15, 0.2) is 0 Å². The van der Waals surface area contributed by atoms with Crippen molar-refractivity contribution in [2.45, 2.75) is 38.8 Å². The number of rotatable bonds is 4. The number of nitrogens with zero attached hydrogens (tertiary/aromatic N) is 5. The maximum atomic E-state index is 5.87. The molecule has 0 amide bonds. The molecule has 2 N–H and O–H groups in total. The fraction of sp³-hybridized carbons (Fsp3) is 0.909. The molecule has 0 aliphatic carbocycles. The Hall–Kier alpha value is -1.01. The van der Waals surface area contributed by atoms with Crippen molar-refractivity contribution in [2.24, 2.45) is 18.7 Å². The molecule has 2 rings (SSSR count). The summed E-state index contributed by atoms with van der Waals surface area (Å²) in [6.45, 7) is 4.85. The molecule has 1 aliphatic rings. The molecule has 0 bridgehead atoms. The number of piperidine rings is 1. The van der Waals surface area contributed by atoms with Crippen LogP contribution in [0.25, 0.3) is 0 Å². The van der Waals surface area contributed by atoms with Gasteiger partial charge in [0.2, 0.25) is 0 Å². The fourth-order valence-electron chi connectivity index (χ4n) is 2.58. The number of aryl methyl sites for hydroxylation is 1. The lowest BCUT2D eigenvalue weighted by molar-refractivity contribution is 0.104. The van der Waals surface area contributed by atoms with Gasteiger partial charge in [-0.2, -0.15) is 4.80 Å². The van der Waals surface area contributed by atoms with Gasteiger partial charge in [-0.15, -0.1) is 10.2 Å². The summed E-state index contributed by atoms with van der Waals surface area (Å²) in [6, 6.07) is 0.470. The predicted octanol–water partition coefficient (Wildman–Crippen LogP) is 0.159. The van der Waals surface area contributed by atoms with Gasteiger partial charge >= 0.3 is 0 Å². The second-order valence-corrected chi connectivity index (χ2v) is 4.85. The lowest BCUT2D eigenvalue weighted by Crippen LogP contribution is -2.46. The Labute approximate surface area is 102 Å². The van der Waals surface area contributed by atoms with Crippen LogP contribution in [-0.2, 0) is 13.6 Å². The largest absolute Gasteiger partial charge is 0.329 e. The van der Waals surface area contributed by atoms with E-state index >= 15 is 0 Å². The van der Waals surface area contributed by atoms with Crippen molar-refractivity contribution in [1.82, 2.24) is 25.1 Å². The van der Waals surface area contributed by atoms with Crippen LogP contribution in [0.4, 0.5) is 0 Å². The van der Waals surface area contributed by atoms with Crippen LogP contribution in [0.2, 0.25) is 0 Å². The number of hydrogen-bond acceptors (Lipinski definition) is 5. The van der Waals surface area contributed by atoms with Crippen LogP contribution in [0.1, 0.15) is 32.0 Å². The van der Waals surface area contributed by atoms with Gasteiger partial charge in [0, 0.05) is 12.6 Å². The molecule has 6 nitrogen and oxygen atoms in total. The van der Waals surface area contributed by atoms with Gasteiger partial charge in [-0.3, -0.25) is 4.90 Å². The Balaban J connectivity index is 1.95. The zero-order chi connectivity index (χ0) is 12.3. The second-order valence-electron chi connectivity index (χ2n) is 4.85. The molecule has 2 unspecified atom stereocenters. The zero-order valence-electron chi connectivity index (χ0n) is 10.7. The van der Waals surface area contributed by atoms with E-state index < -0.39 is 0 Å². The Morgan fingerprint density at radius 1 is 1.47 bits per heavy atom. The molecule has 17 heavy (non-hydrogen) atoms. The smallest absolute Gasteiger partial charge is 0.188 e. The summed E-state index contributed by atoms with van der Waals surface area (Å²) >= 11 is 0. The quantitative estimate of drug-likeness (QED) is 0.809. The third kappa shape index (κ3) is 3.01. The summed E-state index contributed by atoms with van der Waals surface area (Å²) < 4.78 is 0. The van der Waals surface area contributed by atoms with Crippen molar-refractivity contribution < 1.29 is 0 Å². The van der Waals surface area contributed by atoms with Gasteiger partial charge in [0.25, 0.3) is 0 Å². The average Bonchev–Trinajstić information content (AvgIpc) is 2.75. The lowest BCUT2D eigenvalue weighted by Gasteiger charge is -2.38. The third-order valence-corrected chi connectivity index (χ3v) is 3.69. The molecular weight excluding hydrogens is 216 g/mol. The lowest BCUT2D eigenvalue weighted by atomic mass is 9.89. The zero-order valence-corrected chi connectivity index (χ0v) is 10.7. The Morgan fingerprint density at radius 3 is 2.88 bits per heavy atom. The van der Waals surface area contributed by atoms with Crippen LogP contribution in [0.5, 0.6) is 0 Å². The van der Waals surface area contributed by atoms with E-state index in [2.05, 4.69) is 27.2 Å². The van der Waals surface area contributed by atoms with E-state index in [1.807, 2.05) is 0 Å². The fourth-order valence-corrected chi connectivity index (χ4v) is 2.58. The molecule has 0 saturated carbocycles. The molecular formula is C11H22N6. The molecule has 1 saturated heterocycles. The van der Waals surface area contributed by atoms with E-state index in [4.69, 9.17) is 5.73 Å². The summed E-state index contributed by atoms with van der Waals surface area (Å²) in [6.07, 6.45) is 3.72. The number of likely N-dealkylation sites (tertiary alicyclic amines) is 1. The highest BCUT2D eigenvalue weighted by atomic mass is 15.6. The molecule has 0 aromatic carbocycles. The summed E-state index contributed by atoms with van der Waals surface area (Å²) in [5.41, 5.74) is 5.87. The maximum Gasteiger partial charge on any atom is 0.188 e. The average molecular weight is 238 g/mol. The monoisotopic (exact) mass is 238 g/mol. The molecule has 2 heterocycles. The maximum absolute atomic E-state index is 5.87. The first kappa shape index (κ1) is 12.4. The summed E-state index contributed by atoms with van der Waals surface area (Å²) in [5, 5.41) is 12.1. The highest BCUT2D eigenvalue weighted by Gasteiger charge is 2.27. The molecule has 1 fully saturated rings. The van der Waals surface area contributed by atoms with Crippen molar-refractivity contribution in [3.05, 3.63) is 5.82 Å². The van der Waals surface area contributed by atoms with Gasteiger partial charge in [0.05, 0.1) is 13.6 Å². The highest BCUT2D eigenvalue weighted by molar-refractivity contribution is 4.86. The minimum atomic E-state index is 0.470. The number of hydrogen-bond donors (Lipinski definition) is 1. The highest BCUT2D eigenvalue weighted by Crippen LogP contribution is 2.25. The van der Waals surface area contributed by atoms with Crippen LogP contribution in [-0.4, -0.2) is 44.2 Å². The Kier molecular flexibility index (Phi) is 4.06. The summed E-state index contributed by atoms with van der Waals surface area (Å²) in [7, 11) is 1.79. The first-order valence-electron chi connectivity index (χ1n) is 6.40. The van der Waals surface area contributed by atoms with E-state index in [1.54, 1.807) is 7.05 Å². The van der Waals surface area contributed by atoms with Gasteiger partial charge in [-0.1, -0.05) is 13.3 Å². The Bertz CT molecular complexity index is 349. The Morgan fingerprint density at radius 2 is 2.29 bits per heavy atom. The number of nitrogens with two attached hydrogens (primary N) is 1. The van der Waals surface area contributed by atoms with Crippen molar-refractivity contribution in [1.29, 1.82) is 0 Å². The third-order valence-electron chi connectivity index (χ3n) is 3.69. The van der Waals surface area contributed by atoms with Crippen molar-refractivity contribution in [2.75, 3.05) is 13.1 Å². The molecule has 1 aliphatic heterocycles. The molecule has 0 spiro atoms. The van der Waals surface area contributed by atoms with Crippen LogP contribution < -0.4 is 5.73 Å². The first-order valence-corrected chi connectivity index (χ1v) is 6.40. The molecule has 6 heteroatoms. The summed E-state index contributed by atoms with van der Waals surface area (Å²) in [4.78, 5) is 3.90. The normalized spacial score (nSPS) is 26.3. The van der Waals surface area contributed by atoms with Crippen molar-refractivity contribution in [3.8, 4) is 0 Å². The van der Waals surface area contributed by atoms with E-state index in [0.29, 0.717) is 6.04 Å². The van der Waals surface area contributed by atoms with Gasteiger partial charge in [0.1, 0.15) is 0 Å². The molecule has 1 aromatic heterocycles. The van der Waals surface area contributed by atoms with E-state index in [9.17, 15) is 0 Å². The van der Waals surface area contributed by atoms with Gasteiger partial charge in [-0.05, 0) is 30.5 Å². The minimum Gasteiger partial charge on any atom is -0.329 e. The van der Waals surface area contributed by atoms with Crippen molar-refractivity contribution >= 4 is 0 Å². The van der Waals surface area contributed by atoms with Crippen LogP contribution in [0, 0.1) is 5.92 Å². The van der Waals surface area contributed by atoms with Gasteiger partial charge in [-0.25, -0.2) is 0 Å². The summed E-state index contributed by atoms with van der Waals surface area (Å²) in [5.74, 6) is 1.62. The SMILES string of the molecule is CCC1CCN(Cc2nnn(C)n2)C(CN)C1. The van der Waals surface area contributed by atoms with Crippen LogP contribution >= 0.6 is 0 Å². The standard InChI is InChI=1S/C11H22N6/c1-3-9-4-5-17(10(6-9)7-12)8-11-13-15-16(2)14-11/h9-10H,3-8,12H2,1-2H3. The molecule has 0 radical (unpaired) electrons. The number of tetrazole rings is 1. The van der Waals surface area contributed by atoms with Crippen molar-refractivity contribution in [3.63, 3.8) is 0 Å². The topological polar surface area (TPSA) is 72.9 Å². The van der Waals surface area contributed by atoms with Gasteiger partial charge in [0.15, 0.2) is 5.82 Å².